The Morgan fingerprint density at radius 3 is 2.16 bits per heavy atom. The number of amides is 2. The van der Waals surface area contributed by atoms with Crippen LogP contribution in [0.25, 0.3) is 0 Å². The van der Waals surface area contributed by atoms with Crippen LogP contribution in [0, 0.1) is 6.92 Å². The topological polar surface area (TPSA) is 103 Å². The summed E-state index contributed by atoms with van der Waals surface area (Å²) in [6.07, 6.45) is 11.6. The van der Waals surface area contributed by atoms with Gasteiger partial charge in [0.1, 0.15) is 22.5 Å². The van der Waals surface area contributed by atoms with E-state index in [0.717, 1.165) is 31.2 Å². The molecule has 304 valence electrons. The number of amidine groups is 1. The zero-order valence-electron chi connectivity index (χ0n) is 32.2. The number of para-hydroxylation sites is 1. The van der Waals surface area contributed by atoms with Gasteiger partial charge in [-0.1, -0.05) is 141 Å². The van der Waals surface area contributed by atoms with Gasteiger partial charge >= 0.3 is 11.3 Å². The van der Waals surface area contributed by atoms with Gasteiger partial charge in [-0.15, -0.1) is 11.8 Å². The molecule has 0 spiro atoms. The molecule has 0 radical (unpaired) electrons. The Kier molecular flexibility index (Phi) is 17.3. The second-order valence-electron chi connectivity index (χ2n) is 13.7. The zero-order valence-corrected chi connectivity index (χ0v) is 36.8. The average Bonchev–Trinajstić information content (AvgIpc) is 3.45. The molecule has 15 heteroatoms. The number of benzene rings is 4. The van der Waals surface area contributed by atoms with Crippen molar-refractivity contribution in [2.75, 3.05) is 21.2 Å². The summed E-state index contributed by atoms with van der Waals surface area (Å²) in [4.78, 5) is 31.8. The third-order valence-corrected chi connectivity index (χ3v) is 12.5. The van der Waals surface area contributed by atoms with E-state index in [1.165, 1.54) is 74.4 Å². The number of hydrogen-bond acceptors (Lipinski definition) is 6. The number of hydrogen-bond donors (Lipinski definition) is 2. The standard InChI is InChI=1S/C42H47Cl4N5O4S2/c1-4-5-6-7-8-9-10-11-12-15-24-50(57(54)55-32-21-18-28(2)19-22-32)37-16-13-14-17-38(37)56-40-41(48-36-27-31(47-29(3)52)20-23-33(36)44)49-51(42(40)53)39-34(45)25-30(43)26-35(39)46/h13-14,16-23,25-27,40H,4-12,15,24H2,1-3H3,(H,47,52)(H,48,49). The molecule has 4 aromatic rings. The molecule has 0 bridgehead atoms. The van der Waals surface area contributed by atoms with Crippen molar-refractivity contribution >= 4 is 110 Å². The number of unbranched alkanes of at least 4 members (excludes halogenated alkanes) is 9. The molecule has 2 N–H and O–H groups in total. The Morgan fingerprint density at radius 2 is 1.51 bits per heavy atom. The van der Waals surface area contributed by atoms with E-state index in [0.29, 0.717) is 44.3 Å². The average molecular weight is 892 g/mol. The highest BCUT2D eigenvalue weighted by Gasteiger charge is 2.42. The summed E-state index contributed by atoms with van der Waals surface area (Å²) >= 11 is 25.4. The van der Waals surface area contributed by atoms with Crippen LogP contribution in [-0.4, -0.2) is 33.7 Å². The first-order valence-electron chi connectivity index (χ1n) is 19.1. The molecule has 1 heterocycles. The van der Waals surface area contributed by atoms with Crippen molar-refractivity contribution in [1.29, 1.82) is 0 Å². The first-order valence-corrected chi connectivity index (χ1v) is 22.5. The molecule has 1 fully saturated rings. The van der Waals surface area contributed by atoms with Gasteiger partial charge in [0, 0.05) is 29.1 Å². The molecule has 2 amide bonds. The fraction of sp³-hybridized carbons (Fsp3) is 0.357. The smallest absolute Gasteiger partial charge is 0.318 e. The molecule has 57 heavy (non-hydrogen) atoms. The summed E-state index contributed by atoms with van der Waals surface area (Å²) in [5.74, 6) is 0.0148. The molecular weight excluding hydrogens is 844 g/mol. The number of hydrazine groups is 1. The molecular formula is C42H47Cl4N5O4S2. The van der Waals surface area contributed by atoms with Crippen molar-refractivity contribution < 1.29 is 18.0 Å². The molecule has 4 aromatic carbocycles. The van der Waals surface area contributed by atoms with Crippen LogP contribution in [0.2, 0.25) is 20.1 Å². The predicted octanol–water partition coefficient (Wildman–Crippen LogP) is 12.7. The number of carbonyl (C=O) groups is 2. The van der Waals surface area contributed by atoms with Gasteiger partial charge in [0.05, 0.1) is 26.4 Å². The van der Waals surface area contributed by atoms with Crippen LogP contribution in [0.3, 0.4) is 0 Å². The van der Waals surface area contributed by atoms with Crippen LogP contribution in [0.4, 0.5) is 22.7 Å². The number of halogens is 4. The van der Waals surface area contributed by atoms with E-state index in [4.69, 9.17) is 55.6 Å². The number of nitrogens with zero attached hydrogens (tertiary/aromatic N) is 3. The molecule has 2 atom stereocenters. The monoisotopic (exact) mass is 889 g/mol. The van der Waals surface area contributed by atoms with E-state index >= 15 is 0 Å². The van der Waals surface area contributed by atoms with Gasteiger partial charge < -0.3 is 9.50 Å². The van der Waals surface area contributed by atoms with Crippen molar-refractivity contribution in [1.82, 2.24) is 5.43 Å². The molecule has 0 saturated carbocycles. The number of nitrogens with one attached hydrogen (secondary N) is 2. The minimum absolute atomic E-state index is 0.149. The Balaban J connectivity index is 1.46. The Bertz CT molecular complexity index is 2050. The summed E-state index contributed by atoms with van der Waals surface area (Å²) in [6, 6.07) is 22.7. The van der Waals surface area contributed by atoms with Crippen LogP contribution in [-0.2, 0) is 20.9 Å². The van der Waals surface area contributed by atoms with E-state index in [1.54, 1.807) is 34.6 Å². The highest BCUT2D eigenvalue weighted by atomic mass is 35.5. The molecule has 2 unspecified atom stereocenters. The molecule has 0 aromatic heterocycles. The third kappa shape index (κ3) is 12.8. The first-order chi connectivity index (χ1) is 27.4. The second-order valence-corrected chi connectivity index (χ2v) is 17.6. The Morgan fingerprint density at radius 1 is 0.877 bits per heavy atom. The van der Waals surface area contributed by atoms with Crippen molar-refractivity contribution in [3.8, 4) is 5.75 Å². The summed E-state index contributed by atoms with van der Waals surface area (Å²) in [5.41, 5.74) is 5.77. The highest BCUT2D eigenvalue weighted by molar-refractivity contribution is 8.01. The minimum atomic E-state index is -1.92. The van der Waals surface area contributed by atoms with Crippen LogP contribution >= 0.6 is 58.2 Å². The molecule has 1 aliphatic rings. The van der Waals surface area contributed by atoms with Crippen molar-refractivity contribution in [3.63, 3.8) is 0 Å². The lowest BCUT2D eigenvalue weighted by molar-refractivity contribution is -0.116. The number of aryl methyl sites for hydroxylation is 1. The summed E-state index contributed by atoms with van der Waals surface area (Å²) in [7, 11) is 0. The van der Waals surface area contributed by atoms with Gasteiger partial charge in [0.15, 0.2) is 0 Å². The number of rotatable bonds is 20. The maximum absolute atomic E-state index is 14.5. The maximum atomic E-state index is 14.5. The minimum Gasteiger partial charge on any atom is -0.385 e. The molecule has 1 aliphatic heterocycles. The summed E-state index contributed by atoms with van der Waals surface area (Å²) in [5, 5.41) is 3.91. The van der Waals surface area contributed by atoms with Crippen LogP contribution in [0.15, 0.2) is 88.8 Å². The number of carbonyl (C=O) groups excluding carboxylic acids is 2. The largest absolute Gasteiger partial charge is 0.385 e. The van der Waals surface area contributed by atoms with Gasteiger partial charge in [-0.2, -0.15) is 4.21 Å². The molecule has 9 nitrogen and oxygen atoms in total. The van der Waals surface area contributed by atoms with E-state index in [1.807, 2.05) is 43.3 Å². The molecule has 0 aliphatic carbocycles. The predicted molar refractivity (Wildman–Crippen MR) is 240 cm³/mol. The van der Waals surface area contributed by atoms with E-state index < -0.39 is 22.4 Å². The van der Waals surface area contributed by atoms with E-state index in [9.17, 15) is 13.8 Å². The lowest BCUT2D eigenvalue weighted by atomic mass is 10.1. The zero-order chi connectivity index (χ0) is 40.9. The summed E-state index contributed by atoms with van der Waals surface area (Å²) < 4.78 is 21.9. The normalized spacial score (nSPS) is 15.1. The fourth-order valence-corrected chi connectivity index (χ4v) is 9.51. The molecule has 5 rings (SSSR count). The quantitative estimate of drug-likeness (QED) is 0.0857. The van der Waals surface area contributed by atoms with Crippen LogP contribution in [0.1, 0.15) is 83.6 Å². The second kappa shape index (κ2) is 22.1. The first kappa shape index (κ1) is 44.6. The van der Waals surface area contributed by atoms with Gasteiger partial charge in [0.2, 0.25) is 5.91 Å². The number of anilines is 3. The van der Waals surface area contributed by atoms with Crippen molar-refractivity contribution in [2.45, 2.75) is 95.1 Å². The SMILES string of the molecule is CCCCCCCCCCCCN(c1ccccc1SC1C(=O)N(c2c(Cl)cc(Cl)cc2Cl)NC1=Nc1cc(NC(C)=O)ccc1Cl)S(=O)Oc1ccc(C)cc1. The van der Waals surface area contributed by atoms with Gasteiger partial charge in [-0.25, -0.2) is 10.0 Å². The number of aliphatic imine (C=N–C) groups is 1. The Hall–Kier alpha value is -3.45. The highest BCUT2D eigenvalue weighted by Crippen LogP contribution is 2.42. The van der Waals surface area contributed by atoms with Crippen LogP contribution in [0.5, 0.6) is 5.75 Å². The fourth-order valence-electron chi connectivity index (χ4n) is 6.20. The maximum Gasteiger partial charge on any atom is 0.318 e. The molecule has 1 saturated heterocycles. The Labute approximate surface area is 362 Å². The van der Waals surface area contributed by atoms with Crippen molar-refractivity contribution in [3.05, 3.63) is 105 Å². The number of thioether (sulfide) groups is 1. The van der Waals surface area contributed by atoms with Gasteiger partial charge in [0.25, 0.3) is 5.91 Å². The van der Waals surface area contributed by atoms with Gasteiger partial charge in [-0.05, 0) is 67.9 Å². The third-order valence-electron chi connectivity index (χ3n) is 9.09. The van der Waals surface area contributed by atoms with Crippen molar-refractivity contribution in [2.24, 2.45) is 4.99 Å². The lowest BCUT2D eigenvalue weighted by Gasteiger charge is -2.25. The van der Waals surface area contributed by atoms with E-state index in [2.05, 4.69) is 17.7 Å². The summed E-state index contributed by atoms with van der Waals surface area (Å²) in [6.45, 7) is 6.07. The van der Waals surface area contributed by atoms with Gasteiger partial charge in [-0.3, -0.25) is 19.3 Å². The van der Waals surface area contributed by atoms with E-state index in [-0.39, 0.29) is 27.5 Å². The van der Waals surface area contributed by atoms with Crippen LogP contribution < -0.4 is 24.2 Å². The lowest BCUT2D eigenvalue weighted by Crippen LogP contribution is -2.36.